The van der Waals surface area contributed by atoms with Crippen molar-refractivity contribution in [3.05, 3.63) is 33.5 Å². The highest BCUT2D eigenvalue weighted by molar-refractivity contribution is 9.10. The molecule has 0 saturated heterocycles. The number of hydrogen-bond donors (Lipinski definition) is 2. The van der Waals surface area contributed by atoms with E-state index in [0.29, 0.717) is 10.0 Å². The highest BCUT2D eigenvalue weighted by Crippen LogP contribution is 2.25. The first-order chi connectivity index (χ1) is 6.91. The van der Waals surface area contributed by atoms with Gasteiger partial charge in [0.15, 0.2) is 0 Å². The Morgan fingerprint density at radius 1 is 1.67 bits per heavy atom. The lowest BCUT2D eigenvalue weighted by Gasteiger charge is -2.12. The van der Waals surface area contributed by atoms with E-state index >= 15 is 0 Å². The molecule has 0 radical (unpaired) electrons. The van der Waals surface area contributed by atoms with Crippen LogP contribution in [0.15, 0.2) is 16.6 Å². The molecule has 1 aromatic rings. The van der Waals surface area contributed by atoms with Gasteiger partial charge in [0.25, 0.3) is 0 Å². The van der Waals surface area contributed by atoms with Crippen LogP contribution in [0.1, 0.15) is 23.6 Å². The zero-order valence-electron chi connectivity index (χ0n) is 8.13. The van der Waals surface area contributed by atoms with Crippen LogP contribution >= 0.6 is 15.9 Å². The Hall–Kier alpha value is -0.940. The molecule has 5 heteroatoms. The van der Waals surface area contributed by atoms with Crippen LogP contribution < -0.4 is 5.73 Å². The number of aryl methyl sites for hydroxylation is 1. The lowest BCUT2D eigenvalue weighted by atomic mass is 10.0. The molecule has 0 unspecified atom stereocenters. The van der Waals surface area contributed by atoms with Crippen molar-refractivity contribution in [3.8, 4) is 0 Å². The van der Waals surface area contributed by atoms with Crippen molar-refractivity contribution in [2.75, 3.05) is 0 Å². The maximum atomic E-state index is 13.6. The summed E-state index contributed by atoms with van der Waals surface area (Å²) in [6.45, 7) is 1.61. The molecule has 1 aromatic carbocycles. The van der Waals surface area contributed by atoms with Crippen LogP contribution in [0, 0.1) is 12.7 Å². The summed E-state index contributed by atoms with van der Waals surface area (Å²) < 4.78 is 14.3. The highest BCUT2D eigenvalue weighted by atomic mass is 79.9. The Balaban J connectivity index is 3.07. The van der Waals surface area contributed by atoms with Gasteiger partial charge in [0.2, 0.25) is 0 Å². The van der Waals surface area contributed by atoms with Crippen molar-refractivity contribution >= 4 is 21.9 Å². The average Bonchev–Trinajstić information content (AvgIpc) is 2.09. The van der Waals surface area contributed by atoms with Crippen LogP contribution in [0.5, 0.6) is 0 Å². The van der Waals surface area contributed by atoms with E-state index in [1.54, 1.807) is 13.0 Å². The third-order valence-corrected chi connectivity index (χ3v) is 2.50. The Morgan fingerprint density at radius 3 is 2.80 bits per heavy atom. The summed E-state index contributed by atoms with van der Waals surface area (Å²) >= 11 is 3.21. The summed E-state index contributed by atoms with van der Waals surface area (Å²) in [6.07, 6.45) is -0.285. The van der Waals surface area contributed by atoms with Crippen LogP contribution in [0.3, 0.4) is 0 Å². The smallest absolute Gasteiger partial charge is 0.305 e. The Morgan fingerprint density at radius 2 is 2.27 bits per heavy atom. The fourth-order valence-corrected chi connectivity index (χ4v) is 1.91. The lowest BCUT2D eigenvalue weighted by molar-refractivity contribution is -0.137. The molecule has 0 aliphatic heterocycles. The zero-order chi connectivity index (χ0) is 11.6. The minimum absolute atomic E-state index is 0.226. The molecule has 3 nitrogen and oxygen atoms in total. The Bertz CT molecular complexity index is 395. The van der Waals surface area contributed by atoms with Crippen LogP contribution in [-0.4, -0.2) is 11.1 Å². The molecule has 15 heavy (non-hydrogen) atoms. The predicted molar refractivity (Wildman–Crippen MR) is 58.0 cm³/mol. The molecular formula is C10H11BrFNO2. The molecule has 0 aliphatic carbocycles. The molecule has 82 valence electrons. The molecule has 1 atom stereocenters. The second-order valence-electron chi connectivity index (χ2n) is 3.33. The largest absolute Gasteiger partial charge is 0.481 e. The van der Waals surface area contributed by atoms with Crippen LogP contribution in [0.4, 0.5) is 4.39 Å². The third kappa shape index (κ3) is 3.00. The van der Waals surface area contributed by atoms with Gasteiger partial charge in [0, 0.05) is 16.1 Å². The van der Waals surface area contributed by atoms with Crippen molar-refractivity contribution in [2.45, 2.75) is 19.4 Å². The van der Waals surface area contributed by atoms with Gasteiger partial charge in [0.05, 0.1) is 6.42 Å². The number of carbonyl (C=O) groups is 1. The topological polar surface area (TPSA) is 63.3 Å². The van der Waals surface area contributed by atoms with Gasteiger partial charge < -0.3 is 10.8 Å². The summed E-state index contributed by atoms with van der Waals surface area (Å²) in [4.78, 5) is 10.5. The molecule has 0 aromatic heterocycles. The minimum atomic E-state index is -1.04. The van der Waals surface area contributed by atoms with Gasteiger partial charge in [0.1, 0.15) is 5.82 Å². The first kappa shape index (κ1) is 12.1. The summed E-state index contributed by atoms with van der Waals surface area (Å²) in [5.41, 5.74) is 6.26. The molecule has 3 N–H and O–H groups in total. The number of halogens is 2. The van der Waals surface area contributed by atoms with Crippen molar-refractivity contribution in [2.24, 2.45) is 5.73 Å². The van der Waals surface area contributed by atoms with Crippen molar-refractivity contribution in [1.29, 1.82) is 0 Å². The number of carboxylic acids is 1. The van der Waals surface area contributed by atoms with Crippen LogP contribution in [-0.2, 0) is 4.79 Å². The number of benzene rings is 1. The molecule has 0 bridgehead atoms. The first-order valence-corrected chi connectivity index (χ1v) is 5.14. The number of carboxylic acid groups (broad SMARTS) is 1. The fraction of sp³-hybridized carbons (Fsp3) is 0.300. The molecule has 0 fully saturated rings. The number of nitrogens with two attached hydrogens (primary N) is 1. The first-order valence-electron chi connectivity index (χ1n) is 4.34. The fourth-order valence-electron chi connectivity index (χ4n) is 1.32. The predicted octanol–water partition coefficient (Wildman–Crippen LogP) is 2.37. The zero-order valence-corrected chi connectivity index (χ0v) is 9.71. The van der Waals surface area contributed by atoms with E-state index in [-0.39, 0.29) is 12.0 Å². The number of aliphatic carboxylic acids is 1. The third-order valence-electron chi connectivity index (χ3n) is 2.04. The van der Waals surface area contributed by atoms with E-state index in [1.807, 2.05) is 0 Å². The minimum Gasteiger partial charge on any atom is -0.481 e. The maximum Gasteiger partial charge on any atom is 0.305 e. The molecule has 1 rings (SSSR count). The van der Waals surface area contributed by atoms with Gasteiger partial charge >= 0.3 is 5.97 Å². The lowest BCUT2D eigenvalue weighted by Crippen LogP contribution is -2.17. The van der Waals surface area contributed by atoms with Crippen LogP contribution in [0.25, 0.3) is 0 Å². The molecular weight excluding hydrogens is 265 g/mol. The van der Waals surface area contributed by atoms with E-state index in [9.17, 15) is 9.18 Å². The molecule has 0 heterocycles. The average molecular weight is 276 g/mol. The normalized spacial score (nSPS) is 12.5. The number of rotatable bonds is 3. The van der Waals surface area contributed by atoms with E-state index in [4.69, 9.17) is 10.8 Å². The molecule has 0 spiro atoms. The van der Waals surface area contributed by atoms with E-state index in [1.165, 1.54) is 6.07 Å². The second-order valence-corrected chi connectivity index (χ2v) is 4.25. The Labute approximate surface area is 95.2 Å². The van der Waals surface area contributed by atoms with Crippen molar-refractivity contribution in [3.63, 3.8) is 0 Å². The summed E-state index contributed by atoms with van der Waals surface area (Å²) in [7, 11) is 0. The van der Waals surface area contributed by atoms with Gasteiger partial charge in [-0.3, -0.25) is 4.79 Å². The second kappa shape index (κ2) is 4.72. The van der Waals surface area contributed by atoms with Crippen molar-refractivity contribution < 1.29 is 14.3 Å². The van der Waals surface area contributed by atoms with E-state index < -0.39 is 17.8 Å². The standard InChI is InChI=1S/C10H11BrFNO2/c1-5-2-6(11)3-7(10(5)12)8(13)4-9(14)15/h2-3,8H,4,13H2,1H3,(H,14,15)/t8-/m0/s1. The molecule has 0 amide bonds. The summed E-state index contributed by atoms with van der Waals surface area (Å²) in [5.74, 6) is -1.48. The van der Waals surface area contributed by atoms with Crippen LogP contribution in [0.2, 0.25) is 0 Å². The van der Waals surface area contributed by atoms with Gasteiger partial charge in [-0.1, -0.05) is 15.9 Å². The summed E-state index contributed by atoms with van der Waals surface area (Å²) in [5, 5.41) is 8.56. The SMILES string of the molecule is Cc1cc(Br)cc([C@@H](N)CC(=O)O)c1F. The van der Waals surface area contributed by atoms with Gasteiger partial charge in [-0.15, -0.1) is 0 Å². The van der Waals surface area contributed by atoms with Crippen molar-refractivity contribution in [1.82, 2.24) is 0 Å². The van der Waals surface area contributed by atoms with Gasteiger partial charge in [-0.05, 0) is 24.6 Å². The van der Waals surface area contributed by atoms with E-state index in [2.05, 4.69) is 15.9 Å². The maximum absolute atomic E-state index is 13.6. The van der Waals surface area contributed by atoms with Gasteiger partial charge in [-0.2, -0.15) is 0 Å². The monoisotopic (exact) mass is 275 g/mol. The highest BCUT2D eigenvalue weighted by Gasteiger charge is 2.16. The molecule has 0 saturated carbocycles. The van der Waals surface area contributed by atoms with E-state index in [0.717, 1.165) is 0 Å². The summed E-state index contributed by atoms with van der Waals surface area (Å²) in [6, 6.07) is 2.31. The quantitative estimate of drug-likeness (QED) is 0.890. The number of hydrogen-bond acceptors (Lipinski definition) is 2. The molecule has 0 aliphatic rings. The Kier molecular flexibility index (Phi) is 3.82. The van der Waals surface area contributed by atoms with Gasteiger partial charge in [-0.25, -0.2) is 4.39 Å².